The van der Waals surface area contributed by atoms with Crippen LogP contribution in [-0.4, -0.2) is 82.5 Å². The number of nitrogens with zero attached hydrogens (tertiary/aromatic N) is 2. The van der Waals surface area contributed by atoms with Crippen LogP contribution in [0.25, 0.3) is 22.4 Å². The van der Waals surface area contributed by atoms with E-state index in [1.807, 2.05) is 24.3 Å². The molecule has 2 aromatic heterocycles. The van der Waals surface area contributed by atoms with E-state index in [4.69, 9.17) is 44.3 Å². The highest BCUT2D eigenvalue weighted by atomic mass is 79.9. The molecule has 1 saturated heterocycles. The molecule has 2 N–H and O–H groups in total. The van der Waals surface area contributed by atoms with Crippen molar-refractivity contribution in [3.05, 3.63) is 39.3 Å². The van der Waals surface area contributed by atoms with Crippen LogP contribution in [0, 0.1) is 0 Å². The Labute approximate surface area is 307 Å². The van der Waals surface area contributed by atoms with Gasteiger partial charge in [0.05, 0.1) is 29.4 Å². The van der Waals surface area contributed by atoms with Crippen LogP contribution in [0.4, 0.5) is 0 Å². The Morgan fingerprint density at radius 1 is 1.04 bits per heavy atom. The Morgan fingerprint density at radius 3 is 2.18 bits per heavy atom. The van der Waals surface area contributed by atoms with Gasteiger partial charge in [-0.2, -0.15) is 4.98 Å². The topological polar surface area (TPSA) is 125 Å². The van der Waals surface area contributed by atoms with E-state index in [2.05, 4.69) is 102 Å². The number of rotatable bonds is 13. The first-order valence-corrected chi connectivity index (χ1v) is 26.8. The molecule has 0 aliphatic carbocycles. The Bertz CT molecular complexity index is 1620. The molecule has 4 rings (SSSR count). The molecule has 3 atom stereocenters. The van der Waals surface area contributed by atoms with Gasteiger partial charge in [0.15, 0.2) is 26.2 Å². The van der Waals surface area contributed by atoms with E-state index >= 15 is 0 Å². The number of imidazole rings is 1. The molecule has 3 aromatic rings. The maximum Gasteiger partial charge on any atom is 0.339 e. The smallest absolute Gasteiger partial charge is 0.339 e. The molecule has 0 spiro atoms. The number of carbonyl (C=O) groups is 1. The number of halogens is 2. The number of hydrogen-bond donors (Lipinski definition) is 2. The second-order valence-electron chi connectivity index (χ2n) is 17.0. The first-order valence-electron chi connectivity index (χ1n) is 16.7. The SMILES string of the molecule is CC(C)(C)[Si](O[C@@H]1[C@@H](C(=O)O)OC[C@H]1Oc1nc2nc(-c3ccc(Br)cc3)c(Cl)c(COCC[Si](C)(C)C)c2[nH]1)(O[Si](C)(C)C)C(C)(C)C. The molecule has 10 nitrogen and oxygen atoms in total. The van der Waals surface area contributed by atoms with E-state index in [1.165, 1.54) is 0 Å². The lowest BCUT2D eigenvalue weighted by molar-refractivity contribution is -0.151. The highest BCUT2D eigenvalue weighted by Gasteiger charge is 2.63. The van der Waals surface area contributed by atoms with Crippen LogP contribution in [0.1, 0.15) is 47.1 Å². The molecule has 3 heterocycles. The maximum absolute atomic E-state index is 12.5. The maximum atomic E-state index is 12.5. The summed E-state index contributed by atoms with van der Waals surface area (Å²) in [7, 11) is -6.69. The molecule has 1 aliphatic heterocycles. The van der Waals surface area contributed by atoms with E-state index in [0.717, 1.165) is 21.6 Å². The fraction of sp³-hybridized carbons (Fsp3) is 0.618. The van der Waals surface area contributed by atoms with Crippen molar-refractivity contribution in [2.45, 2.75) is 122 Å². The largest absolute Gasteiger partial charge is 0.479 e. The normalized spacial score (nSPS) is 19.5. The third kappa shape index (κ3) is 9.43. The summed E-state index contributed by atoms with van der Waals surface area (Å²) in [6.07, 6.45) is -2.99. The molecule has 49 heavy (non-hydrogen) atoms. The molecular weight excluding hydrogens is 762 g/mol. The third-order valence-corrected chi connectivity index (χ3v) is 19.1. The first kappa shape index (κ1) is 40.1. The lowest BCUT2D eigenvalue weighted by atomic mass is 10.1. The van der Waals surface area contributed by atoms with Gasteiger partial charge in [-0.25, -0.2) is 9.78 Å². The quantitative estimate of drug-likeness (QED) is 0.128. The minimum atomic E-state index is -3.21. The predicted octanol–water partition coefficient (Wildman–Crippen LogP) is 9.41. The number of carboxylic acids is 1. The number of aromatic amines is 1. The molecule has 0 amide bonds. The number of ether oxygens (including phenoxy) is 3. The van der Waals surface area contributed by atoms with Gasteiger partial charge in [0.2, 0.25) is 0 Å². The third-order valence-electron chi connectivity index (χ3n) is 8.35. The molecule has 1 aromatic carbocycles. The number of nitrogens with one attached hydrogen (secondary N) is 1. The summed E-state index contributed by atoms with van der Waals surface area (Å²) in [6, 6.07) is 8.93. The van der Waals surface area contributed by atoms with Gasteiger partial charge in [-0.15, -0.1) is 0 Å². The Balaban J connectivity index is 1.76. The van der Waals surface area contributed by atoms with Gasteiger partial charge < -0.3 is 32.8 Å². The summed E-state index contributed by atoms with van der Waals surface area (Å²) in [5, 5.41) is 9.90. The van der Waals surface area contributed by atoms with Crippen molar-refractivity contribution < 1.29 is 32.7 Å². The zero-order valence-corrected chi connectivity index (χ0v) is 36.3. The van der Waals surface area contributed by atoms with Crippen LogP contribution in [0.5, 0.6) is 6.01 Å². The fourth-order valence-electron chi connectivity index (χ4n) is 6.19. The van der Waals surface area contributed by atoms with Gasteiger partial charge in [0.25, 0.3) is 6.01 Å². The van der Waals surface area contributed by atoms with Crippen molar-refractivity contribution in [3.63, 3.8) is 0 Å². The summed E-state index contributed by atoms with van der Waals surface area (Å²) in [5.74, 6) is -1.12. The Morgan fingerprint density at radius 2 is 1.65 bits per heavy atom. The van der Waals surface area contributed by atoms with E-state index in [1.54, 1.807) is 0 Å². The van der Waals surface area contributed by atoms with E-state index in [0.29, 0.717) is 28.5 Å². The first-order chi connectivity index (χ1) is 22.4. The molecule has 1 fully saturated rings. The van der Waals surface area contributed by atoms with Crippen LogP contribution >= 0.6 is 27.5 Å². The van der Waals surface area contributed by atoms with Crippen molar-refractivity contribution >= 4 is 69.6 Å². The number of benzene rings is 1. The molecular formula is C34H53BrClN3O7Si3. The standard InChI is InChI=1S/C34H53BrClN3O7Si3/c1-33(2,3)49(34(4,5)6,46-48(10,11)12)45-28-24(20-43-29(28)31(40)41)44-32-38-27-23(19-42-17-18-47(7,8)9)25(36)26(37-30(27)39-32)21-13-15-22(35)16-14-21/h13-16,24,28-29H,17-20H2,1-12H3,(H,40,41)(H,37,38,39)/t24-,28+,29+/m1/s1. The second kappa shape index (κ2) is 14.8. The Kier molecular flexibility index (Phi) is 12.1. The van der Waals surface area contributed by atoms with Gasteiger partial charge >= 0.3 is 14.5 Å². The molecule has 0 bridgehead atoms. The summed E-state index contributed by atoms with van der Waals surface area (Å²) in [5.41, 5.74) is 3.13. The molecule has 0 radical (unpaired) electrons. The van der Waals surface area contributed by atoms with Crippen molar-refractivity contribution in [3.8, 4) is 17.3 Å². The van der Waals surface area contributed by atoms with Crippen molar-refractivity contribution in [1.29, 1.82) is 0 Å². The van der Waals surface area contributed by atoms with Gasteiger partial charge in [-0.05, 0) is 37.8 Å². The van der Waals surface area contributed by atoms with Gasteiger partial charge in [0.1, 0.15) is 6.10 Å². The van der Waals surface area contributed by atoms with E-state index in [-0.39, 0.29) is 19.2 Å². The number of aromatic nitrogens is 3. The summed E-state index contributed by atoms with van der Waals surface area (Å²) >= 11 is 10.6. The summed E-state index contributed by atoms with van der Waals surface area (Å²) in [4.78, 5) is 25.4. The zero-order chi connectivity index (χ0) is 36.7. The predicted molar refractivity (Wildman–Crippen MR) is 206 cm³/mol. The minimum absolute atomic E-state index is 0.00458. The molecule has 1 aliphatic rings. The van der Waals surface area contributed by atoms with E-state index in [9.17, 15) is 9.90 Å². The number of carboxylic acid groups (broad SMARTS) is 1. The number of pyridine rings is 1. The lowest BCUT2D eigenvalue weighted by Crippen LogP contribution is -2.64. The summed E-state index contributed by atoms with van der Waals surface area (Å²) < 4.78 is 33.5. The number of aliphatic carboxylic acids is 1. The van der Waals surface area contributed by atoms with E-state index < -0.39 is 59.3 Å². The number of H-pyrrole nitrogens is 1. The average molecular weight is 815 g/mol. The van der Waals surface area contributed by atoms with Gasteiger partial charge in [-0.3, -0.25) is 0 Å². The number of fused-ring (bicyclic) bond motifs is 1. The zero-order valence-electron chi connectivity index (χ0n) is 30.9. The average Bonchev–Trinajstić information content (AvgIpc) is 3.53. The summed E-state index contributed by atoms with van der Waals surface area (Å²) in [6.45, 7) is 26.8. The van der Waals surface area contributed by atoms with Crippen LogP contribution in [-0.2, 0) is 29.4 Å². The van der Waals surface area contributed by atoms with Crippen LogP contribution in [0.15, 0.2) is 28.7 Å². The van der Waals surface area contributed by atoms with Crippen LogP contribution < -0.4 is 4.74 Å². The van der Waals surface area contributed by atoms with Crippen molar-refractivity contribution in [1.82, 2.24) is 15.0 Å². The highest BCUT2D eigenvalue weighted by molar-refractivity contribution is 9.10. The fourth-order valence-corrected chi connectivity index (χ4v) is 17.2. The van der Waals surface area contributed by atoms with Crippen LogP contribution in [0.3, 0.4) is 0 Å². The van der Waals surface area contributed by atoms with Crippen molar-refractivity contribution in [2.75, 3.05) is 13.2 Å². The molecule has 0 saturated carbocycles. The monoisotopic (exact) mass is 813 g/mol. The molecule has 272 valence electrons. The molecule has 0 unspecified atom stereocenters. The minimum Gasteiger partial charge on any atom is -0.479 e. The number of hydrogen-bond acceptors (Lipinski definition) is 8. The Hall–Kier alpha value is -1.63. The van der Waals surface area contributed by atoms with Crippen molar-refractivity contribution in [2.24, 2.45) is 0 Å². The lowest BCUT2D eigenvalue weighted by Gasteiger charge is -2.53. The van der Waals surface area contributed by atoms with Crippen LogP contribution in [0.2, 0.25) is 60.4 Å². The highest BCUT2D eigenvalue weighted by Crippen LogP contribution is 2.54. The second-order valence-corrected chi connectivity index (χ2v) is 33.5. The molecule has 15 heteroatoms. The van der Waals surface area contributed by atoms with Gasteiger partial charge in [-0.1, -0.05) is 101 Å². The van der Waals surface area contributed by atoms with Gasteiger partial charge in [0, 0.05) is 40.4 Å².